The van der Waals surface area contributed by atoms with E-state index in [1.54, 1.807) is 16.7 Å². The smallest absolute Gasteiger partial charge is 0.407 e. The first-order valence-corrected chi connectivity index (χ1v) is 13.2. The fourth-order valence-electron chi connectivity index (χ4n) is 5.16. The lowest BCUT2D eigenvalue weighted by Crippen LogP contribution is -2.47. The van der Waals surface area contributed by atoms with Crippen molar-refractivity contribution in [2.24, 2.45) is 11.8 Å². The van der Waals surface area contributed by atoms with Crippen LogP contribution in [-0.4, -0.2) is 58.3 Å². The number of fused-ring (bicyclic) bond motifs is 3. The Bertz CT molecular complexity index is 1090. The number of amides is 2. The van der Waals surface area contributed by atoms with E-state index >= 15 is 0 Å². The number of hydrogen-bond donors (Lipinski definition) is 2. The molecule has 35 heavy (non-hydrogen) atoms. The van der Waals surface area contributed by atoms with Gasteiger partial charge in [-0.25, -0.2) is 9.59 Å². The number of aliphatic carboxylic acids is 1. The zero-order chi connectivity index (χ0) is 24.5. The summed E-state index contributed by atoms with van der Waals surface area (Å²) in [5, 5.41) is 12.3. The van der Waals surface area contributed by atoms with Gasteiger partial charge in [0.15, 0.2) is 0 Å². The van der Waals surface area contributed by atoms with Gasteiger partial charge in [0.05, 0.1) is 5.37 Å². The highest BCUT2D eigenvalue weighted by atomic mass is 32.2. The Kier molecular flexibility index (Phi) is 6.73. The van der Waals surface area contributed by atoms with Crippen LogP contribution in [-0.2, 0) is 14.3 Å². The van der Waals surface area contributed by atoms with Gasteiger partial charge in [0, 0.05) is 24.6 Å². The van der Waals surface area contributed by atoms with E-state index in [0.717, 1.165) is 24.0 Å². The highest BCUT2D eigenvalue weighted by Gasteiger charge is 2.47. The molecular weight excluding hydrogens is 464 g/mol. The van der Waals surface area contributed by atoms with Crippen molar-refractivity contribution in [2.45, 2.75) is 43.5 Å². The zero-order valence-corrected chi connectivity index (χ0v) is 20.5. The number of carbonyl (C=O) groups is 3. The van der Waals surface area contributed by atoms with E-state index in [2.05, 4.69) is 29.6 Å². The molecular formula is C27H30N2O5S. The summed E-state index contributed by atoms with van der Waals surface area (Å²) in [4.78, 5) is 38.7. The molecule has 2 fully saturated rings. The highest BCUT2D eigenvalue weighted by molar-refractivity contribution is 8.00. The maximum Gasteiger partial charge on any atom is 0.407 e. The Morgan fingerprint density at radius 2 is 1.71 bits per heavy atom. The number of hydrogen-bond acceptors (Lipinski definition) is 5. The molecule has 2 aromatic rings. The summed E-state index contributed by atoms with van der Waals surface area (Å²) in [6.45, 7) is 2.41. The molecule has 2 aromatic carbocycles. The standard InChI is InChI=1S/C27H30N2O5S/c1-16(12-24(30)29-23(26(31)32)15-35-25(29)17-10-11-17)13-28-27(33)34-14-22-20-8-4-2-6-18(20)19-7-3-5-9-21(19)22/h2-9,16-17,22-23,25H,10-15H2,1H3,(H,28,33)(H,31,32). The van der Waals surface area contributed by atoms with E-state index in [1.807, 2.05) is 31.2 Å². The molecule has 0 spiro atoms. The molecule has 3 aliphatic rings. The Balaban J connectivity index is 1.13. The second-order valence-corrected chi connectivity index (χ2v) is 10.9. The molecule has 3 atom stereocenters. The second kappa shape index (κ2) is 9.93. The van der Waals surface area contributed by atoms with Gasteiger partial charge >= 0.3 is 12.1 Å². The topological polar surface area (TPSA) is 95.9 Å². The summed E-state index contributed by atoms with van der Waals surface area (Å²) in [6, 6.07) is 15.6. The van der Waals surface area contributed by atoms with Gasteiger partial charge in [-0.15, -0.1) is 11.8 Å². The summed E-state index contributed by atoms with van der Waals surface area (Å²) < 4.78 is 5.57. The third kappa shape index (κ3) is 4.89. The third-order valence-electron chi connectivity index (χ3n) is 7.09. The summed E-state index contributed by atoms with van der Waals surface area (Å²) in [7, 11) is 0. The van der Waals surface area contributed by atoms with Crippen molar-refractivity contribution in [3.63, 3.8) is 0 Å². The molecule has 0 radical (unpaired) electrons. The number of nitrogens with zero attached hydrogens (tertiary/aromatic N) is 1. The molecule has 5 rings (SSSR count). The first-order chi connectivity index (χ1) is 16.9. The number of carboxylic acid groups (broad SMARTS) is 1. The third-order valence-corrected chi connectivity index (χ3v) is 8.56. The zero-order valence-electron chi connectivity index (χ0n) is 19.7. The summed E-state index contributed by atoms with van der Waals surface area (Å²) in [6.07, 6.45) is 1.78. The normalized spacial score (nSPS) is 21.8. The highest BCUT2D eigenvalue weighted by Crippen LogP contribution is 2.46. The monoisotopic (exact) mass is 494 g/mol. The molecule has 0 bridgehead atoms. The van der Waals surface area contributed by atoms with Crippen molar-refractivity contribution < 1.29 is 24.2 Å². The van der Waals surface area contributed by atoms with Crippen molar-refractivity contribution in [1.29, 1.82) is 0 Å². The molecule has 0 aromatic heterocycles. The Morgan fingerprint density at radius 1 is 1.09 bits per heavy atom. The van der Waals surface area contributed by atoms with Crippen LogP contribution in [0, 0.1) is 11.8 Å². The van der Waals surface area contributed by atoms with E-state index in [0.29, 0.717) is 11.7 Å². The van der Waals surface area contributed by atoms with E-state index in [1.165, 1.54) is 11.1 Å². The molecule has 7 nitrogen and oxygen atoms in total. The fourth-order valence-corrected chi connectivity index (χ4v) is 6.81. The van der Waals surface area contributed by atoms with Crippen LogP contribution in [0.3, 0.4) is 0 Å². The van der Waals surface area contributed by atoms with Crippen molar-refractivity contribution in [3.05, 3.63) is 59.7 Å². The predicted molar refractivity (Wildman–Crippen MR) is 134 cm³/mol. The largest absolute Gasteiger partial charge is 0.480 e. The first kappa shape index (κ1) is 23.7. The average Bonchev–Trinajstić information content (AvgIpc) is 3.51. The molecule has 2 aliphatic carbocycles. The van der Waals surface area contributed by atoms with Gasteiger partial charge in [-0.05, 0) is 46.9 Å². The van der Waals surface area contributed by atoms with Gasteiger partial charge in [0.25, 0.3) is 0 Å². The van der Waals surface area contributed by atoms with Crippen LogP contribution in [0.15, 0.2) is 48.5 Å². The van der Waals surface area contributed by atoms with Crippen molar-refractivity contribution in [1.82, 2.24) is 10.2 Å². The maximum atomic E-state index is 13.0. The summed E-state index contributed by atoms with van der Waals surface area (Å²) in [5.74, 6) is -0.397. The van der Waals surface area contributed by atoms with Gasteiger partial charge in [-0.2, -0.15) is 0 Å². The number of alkyl carbamates (subject to hydrolysis) is 1. The van der Waals surface area contributed by atoms with E-state index in [9.17, 15) is 19.5 Å². The Morgan fingerprint density at radius 3 is 2.31 bits per heavy atom. The molecule has 184 valence electrons. The number of thioether (sulfide) groups is 1. The van der Waals surface area contributed by atoms with Gasteiger partial charge in [0.2, 0.25) is 5.91 Å². The lowest BCUT2D eigenvalue weighted by molar-refractivity contribution is -0.149. The number of ether oxygens (including phenoxy) is 1. The maximum absolute atomic E-state index is 13.0. The second-order valence-electron chi connectivity index (χ2n) is 9.73. The fraction of sp³-hybridized carbons (Fsp3) is 0.444. The molecule has 3 unspecified atom stereocenters. The van der Waals surface area contributed by atoms with Crippen LogP contribution in [0.4, 0.5) is 4.79 Å². The first-order valence-electron chi connectivity index (χ1n) is 12.2. The molecule has 1 aliphatic heterocycles. The van der Waals surface area contributed by atoms with Crippen molar-refractivity contribution in [2.75, 3.05) is 18.9 Å². The minimum absolute atomic E-state index is 0.00729. The molecule has 2 N–H and O–H groups in total. The van der Waals surface area contributed by atoms with Gasteiger partial charge in [0.1, 0.15) is 12.6 Å². The number of carbonyl (C=O) groups excluding carboxylic acids is 2. The molecule has 1 saturated heterocycles. The summed E-state index contributed by atoms with van der Waals surface area (Å²) in [5.41, 5.74) is 4.66. The molecule has 1 heterocycles. The lowest BCUT2D eigenvalue weighted by Gasteiger charge is -2.28. The molecule has 2 amide bonds. The van der Waals surface area contributed by atoms with Crippen LogP contribution >= 0.6 is 11.8 Å². The molecule has 8 heteroatoms. The number of nitrogens with one attached hydrogen (secondary N) is 1. The van der Waals surface area contributed by atoms with E-state index in [-0.39, 0.29) is 42.7 Å². The number of carboxylic acids is 1. The predicted octanol–water partition coefficient (Wildman–Crippen LogP) is 4.32. The average molecular weight is 495 g/mol. The minimum Gasteiger partial charge on any atom is -0.480 e. The van der Waals surface area contributed by atoms with Gasteiger partial charge in [-0.1, -0.05) is 55.5 Å². The van der Waals surface area contributed by atoms with Crippen molar-refractivity contribution in [3.8, 4) is 11.1 Å². The Labute approximate surface area is 209 Å². The quantitative estimate of drug-likeness (QED) is 0.568. The van der Waals surface area contributed by atoms with Crippen LogP contribution < -0.4 is 5.32 Å². The van der Waals surface area contributed by atoms with Crippen LogP contribution in [0.1, 0.15) is 43.2 Å². The van der Waals surface area contributed by atoms with Crippen LogP contribution in [0.25, 0.3) is 11.1 Å². The van der Waals surface area contributed by atoms with Gasteiger partial charge in [-0.3, -0.25) is 4.79 Å². The van der Waals surface area contributed by atoms with E-state index < -0.39 is 18.1 Å². The Hall–Kier alpha value is -3.00. The number of benzene rings is 2. The van der Waals surface area contributed by atoms with Gasteiger partial charge < -0.3 is 20.1 Å². The number of rotatable bonds is 8. The van der Waals surface area contributed by atoms with E-state index in [4.69, 9.17) is 4.74 Å². The summed E-state index contributed by atoms with van der Waals surface area (Å²) >= 11 is 1.57. The van der Waals surface area contributed by atoms with Crippen LogP contribution in [0.5, 0.6) is 0 Å². The SMILES string of the molecule is CC(CNC(=O)OCC1c2ccccc2-c2ccccc21)CC(=O)N1C(C(=O)O)CSC1C1CC1. The molecule has 1 saturated carbocycles. The minimum atomic E-state index is -0.946. The van der Waals surface area contributed by atoms with Crippen molar-refractivity contribution >= 4 is 29.7 Å². The lowest BCUT2D eigenvalue weighted by atomic mass is 9.98. The van der Waals surface area contributed by atoms with Crippen LogP contribution in [0.2, 0.25) is 0 Å².